The van der Waals surface area contributed by atoms with Gasteiger partial charge in [0.25, 0.3) is 0 Å². The summed E-state index contributed by atoms with van der Waals surface area (Å²) >= 11 is 0. The highest BCUT2D eigenvalue weighted by atomic mass is 16.5. The second kappa shape index (κ2) is 7.82. The van der Waals surface area contributed by atoms with Gasteiger partial charge in [0.15, 0.2) is 0 Å². The van der Waals surface area contributed by atoms with Crippen molar-refractivity contribution in [1.29, 1.82) is 0 Å². The van der Waals surface area contributed by atoms with Crippen molar-refractivity contribution < 1.29 is 4.74 Å². The van der Waals surface area contributed by atoms with Crippen molar-refractivity contribution in [2.24, 2.45) is 0 Å². The van der Waals surface area contributed by atoms with Crippen molar-refractivity contribution >= 4 is 16.7 Å². The first-order valence-electron chi connectivity index (χ1n) is 8.73. The summed E-state index contributed by atoms with van der Waals surface area (Å²) in [5.74, 6) is 1.16. The highest BCUT2D eigenvalue weighted by Crippen LogP contribution is 2.27. The molecule has 0 aliphatic carbocycles. The summed E-state index contributed by atoms with van der Waals surface area (Å²) in [5.41, 5.74) is 3.48. The van der Waals surface area contributed by atoms with Crippen LogP contribution in [0, 0.1) is 0 Å². The van der Waals surface area contributed by atoms with Gasteiger partial charge in [0.2, 0.25) is 0 Å². The fourth-order valence-corrected chi connectivity index (χ4v) is 2.87. The predicted octanol–water partition coefficient (Wildman–Crippen LogP) is 4.58. The molecule has 4 heteroatoms. The number of hydrogen-bond acceptors (Lipinski definition) is 3. The van der Waals surface area contributed by atoms with Gasteiger partial charge in [-0.05, 0) is 44.4 Å². The summed E-state index contributed by atoms with van der Waals surface area (Å²) in [7, 11) is 1.93. The monoisotopic (exact) mass is 317 g/mol. The molecule has 0 radical (unpaired) electrons. The Morgan fingerprint density at radius 1 is 1.17 bits per heavy atom. The molecule has 128 valence electrons. The van der Waals surface area contributed by atoms with Crippen LogP contribution in [0.4, 0.5) is 5.69 Å². The molecule has 23 heavy (non-hydrogen) atoms. The molecule has 1 N–H and O–H groups in total. The molecular weight excluding hydrogens is 286 g/mol. The maximum Gasteiger partial charge on any atom is 0.115 e. The number of imidazole rings is 1. The molecule has 0 atom stereocenters. The van der Waals surface area contributed by atoms with Crippen LogP contribution in [0.25, 0.3) is 11.0 Å². The van der Waals surface area contributed by atoms with Crippen molar-refractivity contribution in [1.82, 2.24) is 9.55 Å². The van der Waals surface area contributed by atoms with E-state index >= 15 is 0 Å². The van der Waals surface area contributed by atoms with Gasteiger partial charge in [-0.1, -0.05) is 20.8 Å². The lowest BCUT2D eigenvalue weighted by atomic mass is 9.96. The van der Waals surface area contributed by atoms with Gasteiger partial charge < -0.3 is 14.6 Å². The smallest absolute Gasteiger partial charge is 0.115 e. The van der Waals surface area contributed by atoms with E-state index in [1.165, 1.54) is 24.8 Å². The highest BCUT2D eigenvalue weighted by molar-refractivity contribution is 5.80. The molecule has 0 bridgehead atoms. The van der Waals surface area contributed by atoms with Gasteiger partial charge in [0, 0.05) is 37.9 Å². The van der Waals surface area contributed by atoms with Crippen molar-refractivity contribution in [2.45, 2.75) is 58.9 Å². The topological polar surface area (TPSA) is 39.1 Å². The van der Waals surface area contributed by atoms with Crippen LogP contribution in [0.5, 0.6) is 0 Å². The maximum absolute atomic E-state index is 5.07. The first-order chi connectivity index (χ1) is 11.0. The van der Waals surface area contributed by atoms with E-state index in [9.17, 15) is 0 Å². The van der Waals surface area contributed by atoms with Crippen LogP contribution in [0.1, 0.15) is 52.8 Å². The van der Waals surface area contributed by atoms with Crippen molar-refractivity contribution in [3.05, 3.63) is 24.0 Å². The number of nitrogens with zero attached hydrogens (tertiary/aromatic N) is 2. The Kier molecular flexibility index (Phi) is 6.05. The third kappa shape index (κ3) is 4.47. The zero-order chi connectivity index (χ0) is 16.9. The van der Waals surface area contributed by atoms with Crippen molar-refractivity contribution in [3.8, 4) is 0 Å². The number of nitrogens with one attached hydrogen (secondary N) is 1. The summed E-state index contributed by atoms with van der Waals surface area (Å²) in [6.07, 6.45) is 3.93. The van der Waals surface area contributed by atoms with Crippen LogP contribution in [0.15, 0.2) is 18.2 Å². The summed E-state index contributed by atoms with van der Waals surface area (Å²) in [4.78, 5) is 4.79. The predicted molar refractivity (Wildman–Crippen MR) is 98.3 cm³/mol. The lowest BCUT2D eigenvalue weighted by Crippen LogP contribution is -2.18. The van der Waals surface area contributed by atoms with Gasteiger partial charge in [-0.3, -0.25) is 0 Å². The molecule has 0 unspecified atom stereocenters. The Hall–Kier alpha value is -1.55. The molecule has 3 rings (SSSR count). The summed E-state index contributed by atoms with van der Waals surface area (Å²) in [6.45, 7) is 11.8. The van der Waals surface area contributed by atoms with E-state index in [1.54, 1.807) is 0 Å². The molecule has 4 nitrogen and oxygen atoms in total. The van der Waals surface area contributed by atoms with Gasteiger partial charge in [0.1, 0.15) is 5.82 Å². The highest BCUT2D eigenvalue weighted by Gasteiger charge is 2.22. The number of fused-ring (bicyclic) bond motifs is 1. The Bertz CT molecular complexity index is 610. The standard InChI is InChI=1S/C14H21N3.C5H10O/c1-6-17-12-8-7-10(15-5)9-11(12)16-13(17)14(2,3)4;1-2-4-6-5-3-1/h7-9,15H,6H2,1-5H3;1-5H2. The number of rotatable bonds is 2. The number of hydrogen-bond donors (Lipinski definition) is 1. The number of benzene rings is 1. The molecule has 0 saturated carbocycles. The first kappa shape index (κ1) is 17.8. The molecule has 0 spiro atoms. The van der Waals surface area contributed by atoms with Gasteiger partial charge >= 0.3 is 0 Å². The minimum atomic E-state index is 0.0782. The van der Waals surface area contributed by atoms with E-state index < -0.39 is 0 Å². The number of anilines is 1. The minimum Gasteiger partial charge on any atom is -0.388 e. The zero-order valence-corrected chi connectivity index (χ0v) is 15.3. The third-order valence-electron chi connectivity index (χ3n) is 4.10. The molecule has 1 aromatic heterocycles. The third-order valence-corrected chi connectivity index (χ3v) is 4.10. The van der Waals surface area contributed by atoms with Gasteiger partial charge in [-0.25, -0.2) is 4.98 Å². The average Bonchev–Trinajstić information content (AvgIpc) is 2.95. The van der Waals surface area contributed by atoms with Crippen LogP contribution >= 0.6 is 0 Å². The van der Waals surface area contributed by atoms with Crippen LogP contribution in [0.3, 0.4) is 0 Å². The molecule has 1 fully saturated rings. The lowest BCUT2D eigenvalue weighted by molar-refractivity contribution is 0.0968. The van der Waals surface area contributed by atoms with E-state index in [4.69, 9.17) is 9.72 Å². The largest absolute Gasteiger partial charge is 0.388 e. The Labute approximate surface area is 140 Å². The van der Waals surface area contributed by atoms with Gasteiger partial charge in [-0.2, -0.15) is 0 Å². The molecule has 0 amide bonds. The number of aromatic nitrogens is 2. The lowest BCUT2D eigenvalue weighted by Gasteiger charge is -2.19. The van der Waals surface area contributed by atoms with E-state index in [0.717, 1.165) is 36.8 Å². The van der Waals surface area contributed by atoms with E-state index in [1.807, 2.05) is 7.05 Å². The minimum absolute atomic E-state index is 0.0782. The fourth-order valence-electron chi connectivity index (χ4n) is 2.87. The van der Waals surface area contributed by atoms with E-state index in [2.05, 4.69) is 55.8 Å². The molecule has 1 aliphatic rings. The van der Waals surface area contributed by atoms with E-state index in [0.29, 0.717) is 0 Å². The Morgan fingerprint density at radius 3 is 2.30 bits per heavy atom. The SMILES string of the molecule is C1CCOCC1.CCn1c(C(C)(C)C)nc2cc(NC)ccc21. The number of ether oxygens (including phenoxy) is 1. The van der Waals surface area contributed by atoms with Gasteiger partial charge in [-0.15, -0.1) is 0 Å². The molecular formula is C19H31N3O. The van der Waals surface area contributed by atoms with Crippen LogP contribution < -0.4 is 5.32 Å². The van der Waals surface area contributed by atoms with Crippen LogP contribution in [0.2, 0.25) is 0 Å². The molecule has 1 aliphatic heterocycles. The first-order valence-corrected chi connectivity index (χ1v) is 8.73. The quantitative estimate of drug-likeness (QED) is 0.881. The molecule has 2 aromatic rings. The Morgan fingerprint density at radius 2 is 1.87 bits per heavy atom. The summed E-state index contributed by atoms with van der Waals surface area (Å²) in [6, 6.07) is 6.35. The second-order valence-electron chi connectivity index (χ2n) is 7.06. The maximum atomic E-state index is 5.07. The molecule has 1 aromatic carbocycles. The summed E-state index contributed by atoms with van der Waals surface area (Å²) in [5, 5.41) is 3.16. The molecule has 1 saturated heterocycles. The number of aryl methyl sites for hydroxylation is 1. The van der Waals surface area contributed by atoms with Crippen LogP contribution in [-0.4, -0.2) is 29.8 Å². The molecule has 2 heterocycles. The Balaban J connectivity index is 0.000000268. The zero-order valence-electron chi connectivity index (χ0n) is 15.3. The fraction of sp³-hybridized carbons (Fsp3) is 0.632. The van der Waals surface area contributed by atoms with Gasteiger partial charge in [0.05, 0.1) is 11.0 Å². The second-order valence-corrected chi connectivity index (χ2v) is 7.06. The van der Waals surface area contributed by atoms with E-state index in [-0.39, 0.29) is 5.41 Å². The van der Waals surface area contributed by atoms with Crippen molar-refractivity contribution in [2.75, 3.05) is 25.6 Å². The van der Waals surface area contributed by atoms with Crippen molar-refractivity contribution in [3.63, 3.8) is 0 Å². The average molecular weight is 317 g/mol. The normalized spacial score (nSPS) is 15.2. The van der Waals surface area contributed by atoms with Crippen LogP contribution in [-0.2, 0) is 16.7 Å². The summed E-state index contributed by atoms with van der Waals surface area (Å²) < 4.78 is 7.37.